The molecule has 0 bridgehead atoms. The Bertz CT molecular complexity index is 793. The van der Waals surface area contributed by atoms with Gasteiger partial charge >= 0.3 is 38.8 Å². The van der Waals surface area contributed by atoms with E-state index in [9.17, 15) is 30.4 Å². The third kappa shape index (κ3) is 7.81. The SMILES string of the molecule is C[N+]([O-])=CC(n1nnc2ncccc21)=[N+](C)C.F[P-](F)(F)(F)(F)F. The van der Waals surface area contributed by atoms with Crippen LogP contribution in [0.4, 0.5) is 25.2 Å². The normalized spacial score (nSPS) is 15.1. The van der Waals surface area contributed by atoms with E-state index in [1.807, 2.05) is 20.2 Å². The number of hydrogen-bond donors (Lipinski definition) is 0. The number of fused-ring (bicyclic) bond motifs is 1. The van der Waals surface area contributed by atoms with Crippen molar-refractivity contribution >= 4 is 31.0 Å². The number of hydrogen-bond acceptors (Lipinski definition) is 4. The minimum atomic E-state index is -10.7. The minimum absolute atomic E-state index is 0.550. The monoisotopic (exact) mass is 378 g/mol. The van der Waals surface area contributed by atoms with Crippen LogP contribution >= 0.6 is 7.81 Å². The average molecular weight is 378 g/mol. The van der Waals surface area contributed by atoms with Gasteiger partial charge < -0.3 is 5.21 Å². The number of hydroxylamine groups is 1. The van der Waals surface area contributed by atoms with Crippen LogP contribution in [0, 0.1) is 5.21 Å². The van der Waals surface area contributed by atoms with Crippen LogP contribution in [0.25, 0.3) is 11.2 Å². The Morgan fingerprint density at radius 3 is 2.17 bits per heavy atom. The number of halogens is 6. The summed E-state index contributed by atoms with van der Waals surface area (Å²) in [5.41, 5.74) is 1.31. The molecule has 0 aliphatic heterocycles. The van der Waals surface area contributed by atoms with Gasteiger partial charge in [0.05, 0.1) is 14.1 Å². The van der Waals surface area contributed by atoms with Crippen molar-refractivity contribution in [1.82, 2.24) is 20.0 Å². The topological polar surface area (TPSA) is 72.7 Å². The first-order valence-corrected chi connectivity index (χ1v) is 8.10. The second-order valence-electron chi connectivity index (χ2n) is 4.73. The van der Waals surface area contributed by atoms with Crippen molar-refractivity contribution in [3.63, 3.8) is 0 Å². The first kappa shape index (κ1) is 19.7. The Labute approximate surface area is 131 Å². The van der Waals surface area contributed by atoms with Gasteiger partial charge in [-0.05, 0) is 12.1 Å². The van der Waals surface area contributed by atoms with E-state index >= 15 is 0 Å². The van der Waals surface area contributed by atoms with Gasteiger partial charge in [0, 0.05) is 11.4 Å². The Hall–Kier alpha value is -2.30. The molecule has 2 rings (SSSR count). The summed E-state index contributed by atoms with van der Waals surface area (Å²) in [4.78, 5) is 4.09. The molecule has 136 valence electrons. The van der Waals surface area contributed by atoms with Gasteiger partial charge in [-0.1, -0.05) is 9.78 Å². The van der Waals surface area contributed by atoms with Crippen LogP contribution in [0.15, 0.2) is 18.3 Å². The molecule has 0 saturated carbocycles. The summed E-state index contributed by atoms with van der Waals surface area (Å²) in [5, 5.41) is 19.1. The molecule has 0 aliphatic rings. The molecule has 0 fully saturated rings. The fourth-order valence-corrected chi connectivity index (χ4v) is 1.46. The zero-order valence-electron chi connectivity index (χ0n) is 12.6. The van der Waals surface area contributed by atoms with E-state index in [1.165, 1.54) is 13.3 Å². The molecule has 2 heterocycles. The zero-order chi connectivity index (χ0) is 18.8. The van der Waals surface area contributed by atoms with E-state index in [1.54, 1.807) is 21.5 Å². The van der Waals surface area contributed by atoms with Crippen molar-refractivity contribution < 1.29 is 34.5 Å². The average Bonchev–Trinajstić information content (AvgIpc) is 2.75. The van der Waals surface area contributed by atoms with Crippen molar-refractivity contribution in [3.8, 4) is 0 Å². The maximum atomic E-state index is 11.1. The van der Waals surface area contributed by atoms with Crippen LogP contribution in [0.5, 0.6) is 0 Å². The van der Waals surface area contributed by atoms with Crippen molar-refractivity contribution in [2.24, 2.45) is 0 Å². The molecule has 0 aliphatic carbocycles. The van der Waals surface area contributed by atoms with Gasteiger partial charge in [-0.3, -0.25) is 4.58 Å². The van der Waals surface area contributed by atoms with Gasteiger partial charge in [0.25, 0.3) is 6.21 Å². The summed E-state index contributed by atoms with van der Waals surface area (Å²) >= 11 is 0. The van der Waals surface area contributed by atoms with Crippen molar-refractivity contribution in [1.29, 1.82) is 0 Å². The molecule has 0 aromatic carbocycles. The molecule has 2 aromatic heterocycles. The van der Waals surface area contributed by atoms with Crippen LogP contribution in [0.3, 0.4) is 0 Å². The Morgan fingerprint density at radius 2 is 1.71 bits per heavy atom. The molecule has 0 saturated heterocycles. The third-order valence-electron chi connectivity index (χ3n) is 2.20. The summed E-state index contributed by atoms with van der Waals surface area (Å²) < 4.78 is 63.3. The Kier molecular flexibility index (Phi) is 4.65. The van der Waals surface area contributed by atoms with Gasteiger partial charge in [-0.2, -0.15) is 0 Å². The van der Waals surface area contributed by atoms with E-state index in [-0.39, 0.29) is 0 Å². The maximum absolute atomic E-state index is 11.1. The third-order valence-corrected chi connectivity index (χ3v) is 2.20. The van der Waals surface area contributed by atoms with E-state index in [0.717, 1.165) is 10.3 Å². The summed E-state index contributed by atoms with van der Waals surface area (Å²) in [5.74, 6) is 0.623. The molecular formula is C10H13F6N6OP. The summed E-state index contributed by atoms with van der Waals surface area (Å²) in [6, 6.07) is 3.65. The molecule has 0 spiro atoms. The van der Waals surface area contributed by atoms with E-state index in [2.05, 4.69) is 15.3 Å². The Morgan fingerprint density at radius 1 is 1.17 bits per heavy atom. The predicted molar refractivity (Wildman–Crippen MR) is 77.0 cm³/mol. The zero-order valence-corrected chi connectivity index (χ0v) is 13.5. The Balaban J connectivity index is 0.000000351. The van der Waals surface area contributed by atoms with Crippen LogP contribution in [-0.4, -0.2) is 62.5 Å². The van der Waals surface area contributed by atoms with Crippen LogP contribution in [0.1, 0.15) is 0 Å². The molecule has 7 nitrogen and oxygen atoms in total. The van der Waals surface area contributed by atoms with Gasteiger partial charge in [-0.15, -0.1) is 0 Å². The van der Waals surface area contributed by atoms with Gasteiger partial charge in [0.1, 0.15) is 7.05 Å². The second kappa shape index (κ2) is 5.65. The fourth-order valence-electron chi connectivity index (χ4n) is 1.46. The van der Waals surface area contributed by atoms with Crippen molar-refractivity contribution in [3.05, 3.63) is 23.5 Å². The quantitative estimate of drug-likeness (QED) is 0.146. The molecule has 0 amide bonds. The molecule has 24 heavy (non-hydrogen) atoms. The first-order valence-electron chi connectivity index (χ1n) is 6.07. The standard InChI is InChI=1S/C10H13N6O.F6P/c1-14(2)9(7-15(3)17)16-8-5-4-6-11-10(8)12-13-16;1-7(2,3,4,5)6/h4-7H,1-3H3;/q+1;-1. The molecule has 14 heteroatoms. The van der Waals surface area contributed by atoms with Crippen molar-refractivity contribution in [2.75, 3.05) is 21.1 Å². The van der Waals surface area contributed by atoms with E-state index in [4.69, 9.17) is 0 Å². The van der Waals surface area contributed by atoms with Crippen LogP contribution < -0.4 is 0 Å². The molecule has 0 atom stereocenters. The number of nitrogens with zero attached hydrogens (tertiary/aromatic N) is 6. The van der Waals surface area contributed by atoms with Crippen molar-refractivity contribution in [2.45, 2.75) is 0 Å². The van der Waals surface area contributed by atoms with Crippen LogP contribution in [0.2, 0.25) is 0 Å². The fraction of sp³-hybridized carbons (Fsp3) is 0.300. The molecular weight excluding hydrogens is 365 g/mol. The van der Waals surface area contributed by atoms with E-state index in [0.29, 0.717) is 11.5 Å². The predicted octanol–water partition coefficient (Wildman–Crippen LogP) is 2.94. The van der Waals surface area contributed by atoms with E-state index < -0.39 is 7.81 Å². The van der Waals surface area contributed by atoms with Gasteiger partial charge in [0.15, 0.2) is 0 Å². The number of pyridine rings is 1. The first-order chi connectivity index (χ1) is 10.5. The summed E-state index contributed by atoms with van der Waals surface area (Å²) in [7, 11) is -5.57. The van der Waals surface area contributed by atoms with Crippen LogP contribution in [-0.2, 0) is 0 Å². The molecule has 0 radical (unpaired) electrons. The second-order valence-corrected chi connectivity index (χ2v) is 6.65. The van der Waals surface area contributed by atoms with Gasteiger partial charge in [0.2, 0.25) is 11.2 Å². The summed E-state index contributed by atoms with van der Waals surface area (Å²) in [6.07, 6.45) is 3.08. The molecule has 2 aromatic rings. The number of aromatic nitrogens is 4. The number of rotatable bonds is 1. The molecule has 0 N–H and O–H groups in total. The van der Waals surface area contributed by atoms with Gasteiger partial charge in [-0.25, -0.2) is 9.72 Å². The molecule has 0 unspecified atom stereocenters. The summed E-state index contributed by atoms with van der Waals surface area (Å²) in [6.45, 7) is 0.